The average molecular weight is 351 g/mol. The highest BCUT2D eigenvalue weighted by Gasteiger charge is 2.37. The van der Waals surface area contributed by atoms with Gasteiger partial charge in [0.1, 0.15) is 0 Å². The maximum atomic E-state index is 4.42. The summed E-state index contributed by atoms with van der Waals surface area (Å²) in [5.41, 5.74) is 0.493. The second kappa shape index (κ2) is 5.76. The summed E-state index contributed by atoms with van der Waals surface area (Å²) in [5.74, 6) is 1.95. The fraction of sp³-hybridized carbons (Fsp3) is 0.923. The van der Waals surface area contributed by atoms with Gasteiger partial charge in [-0.25, -0.2) is 0 Å². The number of guanidine groups is 1. The Morgan fingerprint density at radius 1 is 1.53 bits per heavy atom. The second-order valence-corrected chi connectivity index (χ2v) is 5.85. The van der Waals surface area contributed by atoms with E-state index in [1.807, 2.05) is 7.05 Å². The van der Waals surface area contributed by atoms with E-state index in [0.29, 0.717) is 11.5 Å². The third-order valence-corrected chi connectivity index (χ3v) is 4.35. The van der Waals surface area contributed by atoms with Gasteiger partial charge in [0.2, 0.25) is 0 Å². The third kappa shape index (κ3) is 3.48. The first-order valence-electron chi connectivity index (χ1n) is 6.56. The lowest BCUT2D eigenvalue weighted by Gasteiger charge is -2.25. The van der Waals surface area contributed by atoms with Crippen molar-refractivity contribution in [2.24, 2.45) is 16.3 Å². The Bertz CT molecular complexity index is 292. The van der Waals surface area contributed by atoms with Crippen LogP contribution >= 0.6 is 24.0 Å². The first kappa shape index (κ1) is 15.1. The van der Waals surface area contributed by atoms with E-state index in [2.05, 4.69) is 36.0 Å². The van der Waals surface area contributed by atoms with Crippen molar-refractivity contribution in [3.05, 3.63) is 0 Å². The molecule has 3 unspecified atom stereocenters. The Morgan fingerprint density at radius 3 is 2.59 bits per heavy atom. The van der Waals surface area contributed by atoms with Gasteiger partial charge in [0.15, 0.2) is 5.96 Å². The Labute approximate surface area is 122 Å². The van der Waals surface area contributed by atoms with E-state index in [-0.39, 0.29) is 24.0 Å². The van der Waals surface area contributed by atoms with Crippen LogP contribution in [0.15, 0.2) is 4.99 Å². The van der Waals surface area contributed by atoms with Crippen molar-refractivity contribution in [2.45, 2.75) is 46.1 Å². The van der Waals surface area contributed by atoms with Crippen LogP contribution in [0.5, 0.6) is 0 Å². The summed E-state index contributed by atoms with van der Waals surface area (Å²) in [6.07, 6.45) is 3.86. The van der Waals surface area contributed by atoms with Crippen molar-refractivity contribution < 1.29 is 0 Å². The number of hydrogen-bond acceptors (Lipinski definition) is 1. The van der Waals surface area contributed by atoms with Crippen LogP contribution in [0.25, 0.3) is 0 Å². The highest BCUT2D eigenvalue weighted by atomic mass is 127. The van der Waals surface area contributed by atoms with Gasteiger partial charge in [0.25, 0.3) is 0 Å². The quantitative estimate of drug-likeness (QED) is 0.471. The number of nitrogens with one attached hydrogen (secondary N) is 1. The minimum absolute atomic E-state index is 0. The van der Waals surface area contributed by atoms with E-state index in [9.17, 15) is 0 Å². The van der Waals surface area contributed by atoms with E-state index >= 15 is 0 Å². The summed E-state index contributed by atoms with van der Waals surface area (Å²) in [6, 6.07) is 0.673. The monoisotopic (exact) mass is 351 g/mol. The molecule has 3 atom stereocenters. The molecule has 100 valence electrons. The van der Waals surface area contributed by atoms with Crippen LogP contribution in [-0.2, 0) is 0 Å². The van der Waals surface area contributed by atoms with Gasteiger partial charge < -0.3 is 10.2 Å². The molecule has 1 aliphatic heterocycles. The van der Waals surface area contributed by atoms with E-state index < -0.39 is 0 Å². The van der Waals surface area contributed by atoms with Gasteiger partial charge in [-0.3, -0.25) is 4.99 Å². The lowest BCUT2D eigenvalue weighted by Crippen LogP contribution is -2.42. The van der Waals surface area contributed by atoms with Gasteiger partial charge in [-0.05, 0) is 30.6 Å². The number of hydrogen-bond donors (Lipinski definition) is 1. The summed E-state index contributed by atoms with van der Waals surface area (Å²) in [4.78, 5) is 6.84. The van der Waals surface area contributed by atoms with Gasteiger partial charge in [0.05, 0.1) is 0 Å². The van der Waals surface area contributed by atoms with Crippen molar-refractivity contribution in [3.8, 4) is 0 Å². The predicted octanol–water partition coefficient (Wildman–Crippen LogP) is 2.71. The molecule has 1 saturated carbocycles. The summed E-state index contributed by atoms with van der Waals surface area (Å²) in [6.45, 7) is 9.29. The third-order valence-electron chi connectivity index (χ3n) is 4.35. The predicted molar refractivity (Wildman–Crippen MR) is 84.1 cm³/mol. The van der Waals surface area contributed by atoms with Gasteiger partial charge in [0, 0.05) is 26.2 Å². The summed E-state index contributed by atoms with van der Waals surface area (Å²) in [7, 11) is 1.90. The summed E-state index contributed by atoms with van der Waals surface area (Å²) in [5, 5.41) is 3.57. The Morgan fingerprint density at radius 2 is 2.18 bits per heavy atom. The molecule has 0 amide bonds. The van der Waals surface area contributed by atoms with Crippen LogP contribution in [0, 0.1) is 11.3 Å². The number of halogens is 1. The molecule has 1 N–H and O–H groups in total. The molecule has 2 rings (SSSR count). The smallest absolute Gasteiger partial charge is 0.193 e. The lowest BCUT2D eigenvalue weighted by molar-refractivity contribution is 0.322. The molecular formula is C13H26IN3. The van der Waals surface area contributed by atoms with E-state index in [0.717, 1.165) is 25.0 Å². The number of aliphatic imine (C=N–C) groups is 1. The minimum atomic E-state index is 0. The molecule has 0 aromatic rings. The molecule has 4 heteroatoms. The average Bonchev–Trinajstić information content (AvgIpc) is 2.81. The van der Waals surface area contributed by atoms with Gasteiger partial charge in [-0.1, -0.05) is 20.8 Å². The number of nitrogens with zero attached hydrogens (tertiary/aromatic N) is 2. The molecule has 0 spiro atoms. The highest BCUT2D eigenvalue weighted by molar-refractivity contribution is 14.0. The molecule has 0 aromatic carbocycles. The highest BCUT2D eigenvalue weighted by Crippen LogP contribution is 2.34. The lowest BCUT2D eigenvalue weighted by atomic mass is 9.87. The molecule has 0 radical (unpaired) electrons. The van der Waals surface area contributed by atoms with E-state index in [4.69, 9.17) is 0 Å². The van der Waals surface area contributed by atoms with E-state index in [1.165, 1.54) is 19.3 Å². The van der Waals surface area contributed by atoms with Gasteiger partial charge >= 0.3 is 0 Å². The molecule has 2 fully saturated rings. The zero-order valence-corrected chi connectivity index (χ0v) is 13.8. The fourth-order valence-electron chi connectivity index (χ4n) is 2.48. The normalized spacial score (nSPS) is 36.7. The van der Waals surface area contributed by atoms with Crippen LogP contribution in [0.2, 0.25) is 0 Å². The Balaban J connectivity index is 0.00000144. The Hall–Kier alpha value is 0. The summed E-state index contributed by atoms with van der Waals surface area (Å²) < 4.78 is 0. The molecular weight excluding hydrogens is 325 g/mol. The molecule has 2 aliphatic rings. The minimum Gasteiger partial charge on any atom is -0.353 e. The van der Waals surface area contributed by atoms with Crippen molar-refractivity contribution in [2.75, 3.05) is 20.1 Å². The Kier molecular flexibility index (Phi) is 5.10. The van der Waals surface area contributed by atoms with Gasteiger partial charge in [-0.15, -0.1) is 24.0 Å². The van der Waals surface area contributed by atoms with Crippen LogP contribution in [0.1, 0.15) is 40.0 Å². The SMILES string of the molecule is CCC1(C)CCN(C(=NC)NC2CC2C)C1.I. The van der Waals surface area contributed by atoms with Crippen molar-refractivity contribution in [3.63, 3.8) is 0 Å². The molecule has 1 saturated heterocycles. The molecule has 0 aromatic heterocycles. The van der Waals surface area contributed by atoms with E-state index in [1.54, 1.807) is 0 Å². The zero-order chi connectivity index (χ0) is 11.8. The molecule has 0 bridgehead atoms. The van der Waals surface area contributed by atoms with Crippen LogP contribution < -0.4 is 5.32 Å². The second-order valence-electron chi connectivity index (χ2n) is 5.85. The standard InChI is InChI=1S/C13H25N3.HI/c1-5-13(3)6-7-16(9-13)12(14-4)15-11-8-10(11)2;/h10-11H,5-9H2,1-4H3,(H,14,15);1H. The largest absolute Gasteiger partial charge is 0.353 e. The molecule has 1 heterocycles. The maximum absolute atomic E-state index is 4.42. The first-order valence-corrected chi connectivity index (χ1v) is 6.56. The summed E-state index contributed by atoms with van der Waals surface area (Å²) >= 11 is 0. The van der Waals surface area contributed by atoms with Crippen LogP contribution in [0.4, 0.5) is 0 Å². The van der Waals surface area contributed by atoms with Crippen molar-refractivity contribution >= 4 is 29.9 Å². The number of rotatable bonds is 2. The molecule has 1 aliphatic carbocycles. The molecule has 3 nitrogen and oxygen atoms in total. The molecule has 17 heavy (non-hydrogen) atoms. The van der Waals surface area contributed by atoms with Crippen molar-refractivity contribution in [1.82, 2.24) is 10.2 Å². The van der Waals surface area contributed by atoms with Gasteiger partial charge in [-0.2, -0.15) is 0 Å². The number of likely N-dealkylation sites (tertiary alicyclic amines) is 1. The zero-order valence-electron chi connectivity index (χ0n) is 11.5. The maximum Gasteiger partial charge on any atom is 0.193 e. The fourth-order valence-corrected chi connectivity index (χ4v) is 2.48. The first-order chi connectivity index (χ1) is 7.58. The topological polar surface area (TPSA) is 27.6 Å². The van der Waals surface area contributed by atoms with Crippen LogP contribution in [0.3, 0.4) is 0 Å². The van der Waals surface area contributed by atoms with Crippen LogP contribution in [-0.4, -0.2) is 37.0 Å². The van der Waals surface area contributed by atoms with Crippen molar-refractivity contribution in [1.29, 1.82) is 0 Å².